The Labute approximate surface area is 144 Å². The standard InChI is InChI=1S/C15H20N6O2S/c1-19-13-11(8-18-19)14(17-10-16-13)21-2-5-23-12(9-21)15(22)20-3-6-24-7-4-20/h8,10,12H,2-7,9H2,1H3. The second-order valence-electron chi connectivity index (χ2n) is 5.95. The number of aryl methyl sites for hydroxylation is 1. The van der Waals surface area contributed by atoms with Crippen molar-refractivity contribution in [3.63, 3.8) is 0 Å². The molecule has 8 nitrogen and oxygen atoms in total. The summed E-state index contributed by atoms with van der Waals surface area (Å²) in [5.41, 5.74) is 0.794. The van der Waals surface area contributed by atoms with Crippen molar-refractivity contribution >= 4 is 34.5 Å². The quantitative estimate of drug-likeness (QED) is 0.764. The highest BCUT2D eigenvalue weighted by atomic mass is 32.2. The van der Waals surface area contributed by atoms with Gasteiger partial charge in [0.05, 0.1) is 24.7 Å². The van der Waals surface area contributed by atoms with Gasteiger partial charge in [-0.3, -0.25) is 9.48 Å². The molecule has 2 saturated heterocycles. The van der Waals surface area contributed by atoms with Gasteiger partial charge in [0.2, 0.25) is 0 Å². The summed E-state index contributed by atoms with van der Waals surface area (Å²) in [6.07, 6.45) is 2.90. The third-order valence-corrected chi connectivity index (χ3v) is 5.42. The van der Waals surface area contributed by atoms with E-state index in [9.17, 15) is 4.79 Å². The highest BCUT2D eigenvalue weighted by molar-refractivity contribution is 7.99. The maximum atomic E-state index is 12.7. The van der Waals surface area contributed by atoms with Crippen LogP contribution in [0, 0.1) is 0 Å². The second-order valence-corrected chi connectivity index (χ2v) is 7.17. The van der Waals surface area contributed by atoms with E-state index in [2.05, 4.69) is 20.0 Å². The molecule has 0 saturated carbocycles. The first kappa shape index (κ1) is 15.6. The molecule has 2 fully saturated rings. The Morgan fingerprint density at radius 2 is 2.12 bits per heavy atom. The number of amides is 1. The molecule has 0 spiro atoms. The summed E-state index contributed by atoms with van der Waals surface area (Å²) >= 11 is 1.89. The minimum Gasteiger partial charge on any atom is -0.365 e. The molecular formula is C15H20N6O2S. The third kappa shape index (κ3) is 2.82. The van der Waals surface area contributed by atoms with Gasteiger partial charge in [-0.05, 0) is 0 Å². The van der Waals surface area contributed by atoms with Gasteiger partial charge in [0.25, 0.3) is 5.91 Å². The Bertz CT molecular complexity index is 745. The van der Waals surface area contributed by atoms with Gasteiger partial charge in [0.15, 0.2) is 11.8 Å². The summed E-state index contributed by atoms with van der Waals surface area (Å²) in [5.74, 6) is 2.93. The summed E-state index contributed by atoms with van der Waals surface area (Å²) < 4.78 is 7.49. The van der Waals surface area contributed by atoms with Gasteiger partial charge in [0, 0.05) is 38.2 Å². The Hall–Kier alpha value is -1.87. The molecule has 128 valence electrons. The topological polar surface area (TPSA) is 76.4 Å². The molecule has 0 radical (unpaired) electrons. The smallest absolute Gasteiger partial charge is 0.253 e. The molecule has 4 rings (SSSR count). The van der Waals surface area contributed by atoms with E-state index in [0.717, 1.165) is 41.4 Å². The van der Waals surface area contributed by atoms with E-state index in [0.29, 0.717) is 19.7 Å². The van der Waals surface area contributed by atoms with Crippen LogP contribution in [0.4, 0.5) is 5.82 Å². The maximum absolute atomic E-state index is 12.7. The van der Waals surface area contributed by atoms with E-state index in [-0.39, 0.29) is 5.91 Å². The Balaban J connectivity index is 1.54. The van der Waals surface area contributed by atoms with E-state index in [1.54, 1.807) is 17.2 Å². The number of carbonyl (C=O) groups excluding carboxylic acids is 1. The van der Waals surface area contributed by atoms with Gasteiger partial charge in [-0.1, -0.05) is 0 Å². The summed E-state index contributed by atoms with van der Waals surface area (Å²) in [4.78, 5) is 25.4. The summed E-state index contributed by atoms with van der Waals surface area (Å²) in [6, 6.07) is 0. The van der Waals surface area contributed by atoms with Crippen molar-refractivity contribution in [1.29, 1.82) is 0 Å². The zero-order valence-corrected chi connectivity index (χ0v) is 14.4. The molecule has 0 N–H and O–H groups in total. The van der Waals surface area contributed by atoms with Gasteiger partial charge in [0.1, 0.15) is 12.1 Å². The number of hydrogen-bond donors (Lipinski definition) is 0. The van der Waals surface area contributed by atoms with E-state index >= 15 is 0 Å². The number of morpholine rings is 1. The van der Waals surface area contributed by atoms with Crippen molar-refractivity contribution in [2.75, 3.05) is 49.2 Å². The van der Waals surface area contributed by atoms with Crippen molar-refractivity contribution in [2.24, 2.45) is 7.05 Å². The van der Waals surface area contributed by atoms with Crippen molar-refractivity contribution in [1.82, 2.24) is 24.6 Å². The molecule has 1 amide bonds. The number of ether oxygens (including phenoxy) is 1. The monoisotopic (exact) mass is 348 g/mol. The molecule has 9 heteroatoms. The largest absolute Gasteiger partial charge is 0.365 e. The first-order valence-electron chi connectivity index (χ1n) is 8.10. The number of anilines is 1. The number of hydrogen-bond acceptors (Lipinski definition) is 7. The molecular weight excluding hydrogens is 328 g/mol. The van der Waals surface area contributed by atoms with Crippen LogP contribution in [0.15, 0.2) is 12.5 Å². The van der Waals surface area contributed by atoms with Crippen LogP contribution in [0.2, 0.25) is 0 Å². The van der Waals surface area contributed by atoms with Crippen molar-refractivity contribution < 1.29 is 9.53 Å². The van der Waals surface area contributed by atoms with Crippen LogP contribution < -0.4 is 4.90 Å². The zero-order chi connectivity index (χ0) is 16.5. The van der Waals surface area contributed by atoms with Gasteiger partial charge < -0.3 is 14.5 Å². The number of aromatic nitrogens is 4. The van der Waals surface area contributed by atoms with Crippen molar-refractivity contribution in [2.45, 2.75) is 6.10 Å². The number of fused-ring (bicyclic) bond motifs is 1. The lowest BCUT2D eigenvalue weighted by atomic mass is 10.2. The first-order valence-corrected chi connectivity index (χ1v) is 9.25. The molecule has 2 aliphatic heterocycles. The predicted octanol–water partition coefficient (Wildman–Crippen LogP) is 0.144. The Morgan fingerprint density at radius 3 is 2.96 bits per heavy atom. The molecule has 2 aromatic heterocycles. The second kappa shape index (κ2) is 6.56. The summed E-state index contributed by atoms with van der Waals surface area (Å²) in [7, 11) is 1.86. The van der Waals surface area contributed by atoms with E-state index in [4.69, 9.17) is 4.74 Å². The van der Waals surface area contributed by atoms with Crippen LogP contribution in [-0.4, -0.2) is 81.0 Å². The SMILES string of the molecule is Cn1ncc2c(N3CCOC(C(=O)N4CCSCC4)C3)ncnc21. The predicted molar refractivity (Wildman–Crippen MR) is 92.2 cm³/mol. The normalized spacial score (nSPS) is 22.1. The van der Waals surface area contributed by atoms with Crippen LogP contribution >= 0.6 is 11.8 Å². The molecule has 4 heterocycles. The average Bonchev–Trinajstić information content (AvgIpc) is 3.03. The minimum absolute atomic E-state index is 0.0940. The molecule has 1 atom stereocenters. The van der Waals surface area contributed by atoms with Crippen LogP contribution in [0.1, 0.15) is 0 Å². The lowest BCUT2D eigenvalue weighted by Crippen LogP contribution is -2.52. The fourth-order valence-electron chi connectivity index (χ4n) is 3.18. The number of carbonyl (C=O) groups is 1. The molecule has 2 aliphatic rings. The number of rotatable bonds is 2. The number of nitrogens with zero attached hydrogens (tertiary/aromatic N) is 6. The van der Waals surface area contributed by atoms with E-state index in [1.165, 1.54) is 0 Å². The van der Waals surface area contributed by atoms with Crippen LogP contribution in [0.5, 0.6) is 0 Å². The lowest BCUT2D eigenvalue weighted by Gasteiger charge is -2.36. The Kier molecular flexibility index (Phi) is 4.28. The zero-order valence-electron chi connectivity index (χ0n) is 13.6. The van der Waals surface area contributed by atoms with Gasteiger partial charge in [-0.25, -0.2) is 9.97 Å². The molecule has 1 unspecified atom stereocenters. The average molecular weight is 348 g/mol. The molecule has 24 heavy (non-hydrogen) atoms. The molecule has 0 aliphatic carbocycles. The summed E-state index contributed by atoms with van der Waals surface area (Å²) in [6.45, 7) is 3.36. The molecule has 2 aromatic rings. The van der Waals surface area contributed by atoms with Gasteiger partial charge in [-0.2, -0.15) is 16.9 Å². The Morgan fingerprint density at radius 1 is 1.29 bits per heavy atom. The minimum atomic E-state index is -0.427. The van der Waals surface area contributed by atoms with Crippen LogP contribution in [0.25, 0.3) is 11.0 Å². The summed E-state index contributed by atoms with van der Waals surface area (Å²) in [5, 5.41) is 5.16. The fourth-order valence-corrected chi connectivity index (χ4v) is 4.08. The van der Waals surface area contributed by atoms with Crippen molar-refractivity contribution in [3.05, 3.63) is 12.5 Å². The van der Waals surface area contributed by atoms with Crippen LogP contribution in [0.3, 0.4) is 0 Å². The maximum Gasteiger partial charge on any atom is 0.253 e. The van der Waals surface area contributed by atoms with Crippen molar-refractivity contribution in [3.8, 4) is 0 Å². The third-order valence-electron chi connectivity index (χ3n) is 4.47. The van der Waals surface area contributed by atoms with E-state index < -0.39 is 6.10 Å². The first-order chi connectivity index (χ1) is 11.7. The molecule has 0 bridgehead atoms. The highest BCUT2D eigenvalue weighted by Gasteiger charge is 2.32. The highest BCUT2D eigenvalue weighted by Crippen LogP contribution is 2.24. The molecule has 0 aromatic carbocycles. The van der Waals surface area contributed by atoms with Gasteiger partial charge >= 0.3 is 0 Å². The van der Waals surface area contributed by atoms with E-state index in [1.807, 2.05) is 23.7 Å². The van der Waals surface area contributed by atoms with Crippen LogP contribution in [-0.2, 0) is 16.6 Å². The fraction of sp³-hybridized carbons (Fsp3) is 0.600. The number of thioether (sulfide) groups is 1. The lowest BCUT2D eigenvalue weighted by molar-refractivity contribution is -0.144. The van der Waals surface area contributed by atoms with Gasteiger partial charge in [-0.15, -0.1) is 0 Å².